The van der Waals surface area contributed by atoms with Crippen LogP contribution in [0.2, 0.25) is 0 Å². The Morgan fingerprint density at radius 2 is 1.52 bits per heavy atom. The molecule has 0 bridgehead atoms. The summed E-state index contributed by atoms with van der Waals surface area (Å²) >= 11 is 0. The molecule has 0 aliphatic rings. The third-order valence-corrected chi connectivity index (χ3v) is 3.83. The van der Waals surface area contributed by atoms with Crippen molar-refractivity contribution in [3.63, 3.8) is 0 Å². The first kappa shape index (κ1) is 13.4. The SMILES string of the molecule is Cc1ccc(-c2c(N)noc2-c2ccc(C)c(C)c2)cc1. The van der Waals surface area contributed by atoms with Gasteiger partial charge in [0.2, 0.25) is 0 Å². The molecule has 3 nitrogen and oxygen atoms in total. The highest BCUT2D eigenvalue weighted by atomic mass is 16.5. The lowest BCUT2D eigenvalue weighted by molar-refractivity contribution is 0.436. The number of hydrogen-bond donors (Lipinski definition) is 1. The van der Waals surface area contributed by atoms with E-state index in [-0.39, 0.29) is 0 Å². The molecule has 3 aromatic rings. The van der Waals surface area contributed by atoms with E-state index in [1.807, 2.05) is 18.2 Å². The quantitative estimate of drug-likeness (QED) is 0.750. The lowest BCUT2D eigenvalue weighted by Crippen LogP contribution is -1.89. The summed E-state index contributed by atoms with van der Waals surface area (Å²) in [6, 6.07) is 14.4. The first-order valence-electron chi connectivity index (χ1n) is 6.96. The molecule has 2 aromatic carbocycles. The molecular weight excluding hydrogens is 260 g/mol. The summed E-state index contributed by atoms with van der Waals surface area (Å²) in [5, 5.41) is 3.95. The maximum atomic E-state index is 6.01. The number of hydrogen-bond acceptors (Lipinski definition) is 3. The zero-order chi connectivity index (χ0) is 15.0. The fourth-order valence-electron chi connectivity index (χ4n) is 2.38. The Morgan fingerprint density at radius 1 is 0.857 bits per heavy atom. The van der Waals surface area contributed by atoms with E-state index in [4.69, 9.17) is 10.3 Å². The van der Waals surface area contributed by atoms with Crippen LogP contribution in [0.15, 0.2) is 47.0 Å². The van der Waals surface area contributed by atoms with Gasteiger partial charge in [0.05, 0.1) is 5.56 Å². The van der Waals surface area contributed by atoms with Crippen LogP contribution < -0.4 is 5.73 Å². The van der Waals surface area contributed by atoms with Crippen molar-refractivity contribution in [1.82, 2.24) is 5.16 Å². The third kappa shape index (κ3) is 2.42. The first-order chi connectivity index (χ1) is 10.1. The van der Waals surface area contributed by atoms with Gasteiger partial charge in [0.15, 0.2) is 11.6 Å². The molecule has 0 fully saturated rings. The molecule has 0 amide bonds. The van der Waals surface area contributed by atoms with E-state index in [2.05, 4.69) is 50.2 Å². The molecule has 106 valence electrons. The zero-order valence-corrected chi connectivity index (χ0v) is 12.5. The average Bonchev–Trinajstić information content (AvgIpc) is 2.85. The Bertz CT molecular complexity index is 785. The standard InChI is InChI=1S/C18H18N2O/c1-11-4-7-14(8-5-11)16-17(21-20-18(16)19)15-9-6-12(2)13(3)10-15/h4-10H,1-3H3,(H2,19,20). The highest BCUT2D eigenvalue weighted by molar-refractivity contribution is 5.86. The second-order valence-electron chi connectivity index (χ2n) is 5.44. The smallest absolute Gasteiger partial charge is 0.176 e. The second-order valence-corrected chi connectivity index (χ2v) is 5.44. The predicted octanol–water partition coefficient (Wildman–Crippen LogP) is 4.52. The molecule has 0 saturated carbocycles. The number of anilines is 1. The highest BCUT2D eigenvalue weighted by Crippen LogP contribution is 2.37. The van der Waals surface area contributed by atoms with Crippen LogP contribution in [0.3, 0.4) is 0 Å². The van der Waals surface area contributed by atoms with Crippen molar-refractivity contribution < 1.29 is 4.52 Å². The topological polar surface area (TPSA) is 52.0 Å². The number of aromatic nitrogens is 1. The average molecular weight is 278 g/mol. The lowest BCUT2D eigenvalue weighted by Gasteiger charge is -2.06. The summed E-state index contributed by atoms with van der Waals surface area (Å²) in [7, 11) is 0. The van der Waals surface area contributed by atoms with Crippen LogP contribution in [0.4, 0.5) is 5.82 Å². The molecule has 0 spiro atoms. The minimum absolute atomic E-state index is 0.423. The third-order valence-electron chi connectivity index (χ3n) is 3.83. The van der Waals surface area contributed by atoms with Gasteiger partial charge in [-0.25, -0.2) is 0 Å². The van der Waals surface area contributed by atoms with Crippen molar-refractivity contribution in [2.45, 2.75) is 20.8 Å². The van der Waals surface area contributed by atoms with Gasteiger partial charge in [0, 0.05) is 5.56 Å². The van der Waals surface area contributed by atoms with Gasteiger partial charge >= 0.3 is 0 Å². The van der Waals surface area contributed by atoms with Crippen LogP contribution in [0.5, 0.6) is 0 Å². The van der Waals surface area contributed by atoms with E-state index in [9.17, 15) is 0 Å². The highest BCUT2D eigenvalue weighted by Gasteiger charge is 2.17. The number of benzene rings is 2. The van der Waals surface area contributed by atoms with Gasteiger partial charge in [-0.1, -0.05) is 47.1 Å². The molecular formula is C18H18N2O. The van der Waals surface area contributed by atoms with Crippen molar-refractivity contribution in [2.75, 3.05) is 5.73 Å². The molecule has 1 heterocycles. The first-order valence-corrected chi connectivity index (χ1v) is 6.96. The molecule has 0 aliphatic carbocycles. The van der Waals surface area contributed by atoms with Gasteiger partial charge in [0.1, 0.15) is 0 Å². The summed E-state index contributed by atoms with van der Waals surface area (Å²) in [6.07, 6.45) is 0. The Labute approximate surface area is 124 Å². The molecule has 3 heteroatoms. The molecule has 0 unspecified atom stereocenters. The largest absolute Gasteiger partial charge is 0.380 e. The van der Waals surface area contributed by atoms with Crippen LogP contribution in [0.1, 0.15) is 16.7 Å². The van der Waals surface area contributed by atoms with Crippen LogP contribution in [0, 0.1) is 20.8 Å². The zero-order valence-electron chi connectivity index (χ0n) is 12.5. The van der Waals surface area contributed by atoms with Crippen LogP contribution in [-0.2, 0) is 0 Å². The summed E-state index contributed by atoms with van der Waals surface area (Å²) in [4.78, 5) is 0. The Hall–Kier alpha value is -2.55. The van der Waals surface area contributed by atoms with Gasteiger partial charge in [0.25, 0.3) is 0 Å². The van der Waals surface area contributed by atoms with Crippen LogP contribution in [0.25, 0.3) is 22.5 Å². The fraction of sp³-hybridized carbons (Fsp3) is 0.167. The van der Waals surface area contributed by atoms with Crippen LogP contribution in [-0.4, -0.2) is 5.16 Å². The molecule has 2 N–H and O–H groups in total. The van der Waals surface area contributed by atoms with E-state index in [1.54, 1.807) is 0 Å². The monoisotopic (exact) mass is 278 g/mol. The number of nitrogens with zero attached hydrogens (tertiary/aromatic N) is 1. The van der Waals surface area contributed by atoms with Gasteiger partial charge in [-0.05, 0) is 43.5 Å². The van der Waals surface area contributed by atoms with E-state index in [1.165, 1.54) is 16.7 Å². The molecule has 0 radical (unpaired) electrons. The van der Waals surface area contributed by atoms with Crippen molar-refractivity contribution in [3.8, 4) is 22.5 Å². The molecule has 3 rings (SSSR count). The molecule has 1 aromatic heterocycles. The molecule has 21 heavy (non-hydrogen) atoms. The summed E-state index contributed by atoms with van der Waals surface area (Å²) < 4.78 is 5.49. The molecule has 0 aliphatic heterocycles. The number of nitrogens with two attached hydrogens (primary N) is 1. The minimum atomic E-state index is 0.423. The van der Waals surface area contributed by atoms with Crippen LogP contribution >= 0.6 is 0 Å². The Balaban J connectivity index is 2.16. The second kappa shape index (κ2) is 5.09. The molecule has 0 atom stereocenters. The Kier molecular flexibility index (Phi) is 3.26. The number of nitrogen functional groups attached to an aromatic ring is 1. The van der Waals surface area contributed by atoms with Crippen molar-refractivity contribution in [1.29, 1.82) is 0 Å². The van der Waals surface area contributed by atoms with Gasteiger partial charge in [-0.15, -0.1) is 0 Å². The number of aryl methyl sites for hydroxylation is 3. The van der Waals surface area contributed by atoms with E-state index < -0.39 is 0 Å². The van der Waals surface area contributed by atoms with E-state index >= 15 is 0 Å². The number of rotatable bonds is 2. The maximum absolute atomic E-state index is 6.01. The minimum Gasteiger partial charge on any atom is -0.380 e. The van der Waals surface area contributed by atoms with Crippen molar-refractivity contribution in [2.24, 2.45) is 0 Å². The lowest BCUT2D eigenvalue weighted by atomic mass is 9.98. The van der Waals surface area contributed by atoms with E-state index in [0.29, 0.717) is 5.82 Å². The normalized spacial score (nSPS) is 10.8. The van der Waals surface area contributed by atoms with Crippen molar-refractivity contribution in [3.05, 3.63) is 59.2 Å². The van der Waals surface area contributed by atoms with Gasteiger partial charge in [-0.3, -0.25) is 0 Å². The fourth-order valence-corrected chi connectivity index (χ4v) is 2.38. The summed E-state index contributed by atoms with van der Waals surface area (Å²) in [5.41, 5.74) is 12.6. The molecule has 0 saturated heterocycles. The van der Waals surface area contributed by atoms with E-state index in [0.717, 1.165) is 22.5 Å². The van der Waals surface area contributed by atoms with Crippen molar-refractivity contribution >= 4 is 5.82 Å². The maximum Gasteiger partial charge on any atom is 0.176 e. The van der Waals surface area contributed by atoms with Gasteiger partial charge in [-0.2, -0.15) is 0 Å². The van der Waals surface area contributed by atoms with Gasteiger partial charge < -0.3 is 10.3 Å². The summed E-state index contributed by atoms with van der Waals surface area (Å²) in [5.74, 6) is 1.14. The Morgan fingerprint density at radius 3 is 2.19 bits per heavy atom. The predicted molar refractivity (Wildman–Crippen MR) is 86.0 cm³/mol. The summed E-state index contributed by atoms with van der Waals surface area (Å²) in [6.45, 7) is 6.24.